The van der Waals surface area contributed by atoms with Crippen LogP contribution in [0.4, 0.5) is 5.95 Å². The number of hydrogen-bond donors (Lipinski definition) is 1. The third-order valence-electron chi connectivity index (χ3n) is 3.66. The van der Waals surface area contributed by atoms with Gasteiger partial charge in [-0.15, -0.1) is 0 Å². The number of piperidine rings is 1. The van der Waals surface area contributed by atoms with E-state index in [1.54, 1.807) is 6.07 Å². The van der Waals surface area contributed by atoms with Gasteiger partial charge in [-0.25, -0.2) is 9.97 Å². The SMILES string of the molecule is CNCCC1CCN(c2nc(C)cc(C#N)n2)CC1. The average Bonchev–Trinajstić information content (AvgIpc) is 2.45. The number of aryl methyl sites for hydroxylation is 1. The molecule has 1 aromatic heterocycles. The van der Waals surface area contributed by atoms with Gasteiger partial charge < -0.3 is 10.2 Å². The monoisotopic (exact) mass is 259 g/mol. The van der Waals surface area contributed by atoms with E-state index < -0.39 is 0 Å². The lowest BCUT2D eigenvalue weighted by Crippen LogP contribution is -2.35. The van der Waals surface area contributed by atoms with Crippen LogP contribution in [-0.2, 0) is 0 Å². The van der Waals surface area contributed by atoms with Crippen LogP contribution in [0.1, 0.15) is 30.7 Å². The summed E-state index contributed by atoms with van der Waals surface area (Å²) >= 11 is 0. The van der Waals surface area contributed by atoms with Crippen molar-refractivity contribution in [3.8, 4) is 6.07 Å². The molecule has 0 aromatic carbocycles. The van der Waals surface area contributed by atoms with Gasteiger partial charge in [0, 0.05) is 18.8 Å². The first-order valence-electron chi connectivity index (χ1n) is 6.88. The number of nitriles is 1. The number of hydrogen-bond acceptors (Lipinski definition) is 5. The molecule has 0 bridgehead atoms. The summed E-state index contributed by atoms with van der Waals surface area (Å²) in [5, 5.41) is 12.2. The lowest BCUT2D eigenvalue weighted by Gasteiger charge is -2.32. The molecule has 5 heteroatoms. The van der Waals surface area contributed by atoms with Gasteiger partial charge in [-0.05, 0) is 51.8 Å². The Morgan fingerprint density at radius 3 is 2.79 bits per heavy atom. The molecule has 0 atom stereocenters. The Labute approximate surface area is 114 Å². The van der Waals surface area contributed by atoms with Crippen molar-refractivity contribution in [3.63, 3.8) is 0 Å². The fourth-order valence-electron chi connectivity index (χ4n) is 2.52. The topological polar surface area (TPSA) is 64.8 Å². The van der Waals surface area contributed by atoms with E-state index in [-0.39, 0.29) is 0 Å². The van der Waals surface area contributed by atoms with E-state index in [1.165, 1.54) is 19.3 Å². The lowest BCUT2D eigenvalue weighted by atomic mass is 9.94. The van der Waals surface area contributed by atoms with E-state index in [9.17, 15) is 0 Å². The maximum Gasteiger partial charge on any atom is 0.226 e. The normalized spacial score (nSPS) is 16.4. The highest BCUT2D eigenvalue weighted by atomic mass is 15.3. The molecular weight excluding hydrogens is 238 g/mol. The molecule has 102 valence electrons. The van der Waals surface area contributed by atoms with Crippen LogP contribution in [0, 0.1) is 24.2 Å². The maximum absolute atomic E-state index is 8.96. The maximum atomic E-state index is 8.96. The predicted octanol–water partition coefficient (Wildman–Crippen LogP) is 1.48. The molecule has 1 fully saturated rings. The summed E-state index contributed by atoms with van der Waals surface area (Å²) in [6.07, 6.45) is 3.60. The Morgan fingerprint density at radius 1 is 1.42 bits per heavy atom. The number of nitrogens with zero attached hydrogens (tertiary/aromatic N) is 4. The zero-order chi connectivity index (χ0) is 13.7. The van der Waals surface area contributed by atoms with E-state index >= 15 is 0 Å². The van der Waals surface area contributed by atoms with Gasteiger partial charge in [0.15, 0.2) is 0 Å². The third-order valence-corrected chi connectivity index (χ3v) is 3.66. The Hall–Kier alpha value is -1.67. The largest absolute Gasteiger partial charge is 0.341 e. The van der Waals surface area contributed by atoms with Crippen molar-refractivity contribution in [1.29, 1.82) is 5.26 Å². The standard InChI is InChI=1S/C14H21N5/c1-11-9-13(10-15)18-14(17-11)19-7-4-12(5-8-19)3-6-16-2/h9,12,16H,3-8H2,1-2H3. The molecule has 1 aliphatic heterocycles. The molecule has 2 heterocycles. The highest BCUT2D eigenvalue weighted by Crippen LogP contribution is 2.23. The van der Waals surface area contributed by atoms with Crippen LogP contribution >= 0.6 is 0 Å². The van der Waals surface area contributed by atoms with Crippen LogP contribution in [0.3, 0.4) is 0 Å². The molecule has 0 saturated carbocycles. The molecule has 2 rings (SSSR count). The molecular formula is C14H21N5. The highest BCUT2D eigenvalue weighted by Gasteiger charge is 2.21. The Bertz CT molecular complexity index is 457. The molecule has 1 N–H and O–H groups in total. The number of anilines is 1. The van der Waals surface area contributed by atoms with Crippen molar-refractivity contribution in [2.45, 2.75) is 26.2 Å². The summed E-state index contributed by atoms with van der Waals surface area (Å²) in [7, 11) is 2.00. The van der Waals surface area contributed by atoms with Gasteiger partial charge in [0.1, 0.15) is 11.8 Å². The van der Waals surface area contributed by atoms with E-state index in [2.05, 4.69) is 26.3 Å². The fourth-order valence-corrected chi connectivity index (χ4v) is 2.52. The average molecular weight is 259 g/mol. The smallest absolute Gasteiger partial charge is 0.226 e. The van der Waals surface area contributed by atoms with Crippen LogP contribution in [0.25, 0.3) is 0 Å². The molecule has 19 heavy (non-hydrogen) atoms. The second-order valence-corrected chi connectivity index (χ2v) is 5.13. The molecule has 0 spiro atoms. The first-order valence-corrected chi connectivity index (χ1v) is 6.88. The fraction of sp³-hybridized carbons (Fsp3) is 0.643. The molecule has 0 radical (unpaired) electrons. The van der Waals surface area contributed by atoms with Crippen LogP contribution in [0.15, 0.2) is 6.07 Å². The molecule has 1 aromatic rings. The van der Waals surface area contributed by atoms with Crippen molar-refractivity contribution >= 4 is 5.95 Å². The zero-order valence-electron chi connectivity index (χ0n) is 11.7. The van der Waals surface area contributed by atoms with E-state index in [1.807, 2.05) is 14.0 Å². The third kappa shape index (κ3) is 3.65. The van der Waals surface area contributed by atoms with Gasteiger partial charge in [0.2, 0.25) is 5.95 Å². The van der Waals surface area contributed by atoms with Gasteiger partial charge in [-0.3, -0.25) is 0 Å². The Kier molecular flexibility index (Phi) is 4.69. The van der Waals surface area contributed by atoms with Gasteiger partial charge in [-0.2, -0.15) is 5.26 Å². The van der Waals surface area contributed by atoms with Gasteiger partial charge in [0.25, 0.3) is 0 Å². The summed E-state index contributed by atoms with van der Waals surface area (Å²) in [4.78, 5) is 10.9. The van der Waals surface area contributed by atoms with Crippen LogP contribution in [0.5, 0.6) is 0 Å². The zero-order valence-corrected chi connectivity index (χ0v) is 11.7. The van der Waals surface area contributed by atoms with Crippen molar-refractivity contribution < 1.29 is 0 Å². The minimum absolute atomic E-state index is 0.458. The van der Waals surface area contributed by atoms with Crippen LogP contribution in [0.2, 0.25) is 0 Å². The first kappa shape index (κ1) is 13.8. The highest BCUT2D eigenvalue weighted by molar-refractivity contribution is 5.36. The Balaban J connectivity index is 1.98. The van der Waals surface area contributed by atoms with Gasteiger partial charge >= 0.3 is 0 Å². The van der Waals surface area contributed by atoms with Crippen LogP contribution < -0.4 is 10.2 Å². The summed E-state index contributed by atoms with van der Waals surface area (Å²) in [6.45, 7) is 4.97. The van der Waals surface area contributed by atoms with E-state index in [0.717, 1.165) is 31.2 Å². The number of nitrogens with one attached hydrogen (secondary N) is 1. The molecule has 0 amide bonds. The predicted molar refractivity (Wildman–Crippen MR) is 75.0 cm³/mol. The van der Waals surface area contributed by atoms with Crippen molar-refractivity contribution in [1.82, 2.24) is 15.3 Å². The summed E-state index contributed by atoms with van der Waals surface area (Å²) in [6, 6.07) is 3.82. The van der Waals surface area contributed by atoms with Crippen molar-refractivity contribution in [2.75, 3.05) is 31.6 Å². The minimum Gasteiger partial charge on any atom is -0.341 e. The summed E-state index contributed by atoms with van der Waals surface area (Å²) in [5.74, 6) is 1.51. The van der Waals surface area contributed by atoms with Gasteiger partial charge in [0.05, 0.1) is 0 Å². The summed E-state index contributed by atoms with van der Waals surface area (Å²) in [5.41, 5.74) is 1.32. The molecule has 1 saturated heterocycles. The van der Waals surface area contributed by atoms with Gasteiger partial charge in [-0.1, -0.05) is 0 Å². The molecule has 5 nitrogen and oxygen atoms in total. The Morgan fingerprint density at radius 2 is 2.16 bits per heavy atom. The minimum atomic E-state index is 0.458. The quantitative estimate of drug-likeness (QED) is 0.887. The second-order valence-electron chi connectivity index (χ2n) is 5.13. The number of aromatic nitrogens is 2. The van der Waals surface area contributed by atoms with E-state index in [0.29, 0.717) is 11.6 Å². The molecule has 0 unspecified atom stereocenters. The number of rotatable bonds is 4. The lowest BCUT2D eigenvalue weighted by molar-refractivity contribution is 0.375. The van der Waals surface area contributed by atoms with Crippen molar-refractivity contribution in [3.05, 3.63) is 17.5 Å². The molecule has 0 aliphatic carbocycles. The van der Waals surface area contributed by atoms with Crippen molar-refractivity contribution in [2.24, 2.45) is 5.92 Å². The molecule has 1 aliphatic rings. The summed E-state index contributed by atoms with van der Waals surface area (Å²) < 4.78 is 0. The first-order chi connectivity index (χ1) is 9.22. The van der Waals surface area contributed by atoms with E-state index in [4.69, 9.17) is 5.26 Å². The second kappa shape index (κ2) is 6.48. The van der Waals surface area contributed by atoms with Crippen LogP contribution in [-0.4, -0.2) is 36.6 Å².